The number of hydrogen-bond acceptors (Lipinski definition) is 3. The molecule has 0 fully saturated rings. The molecule has 22 heavy (non-hydrogen) atoms. The predicted molar refractivity (Wildman–Crippen MR) is 86.2 cm³/mol. The van der Waals surface area contributed by atoms with Crippen LogP contribution in [-0.4, -0.2) is 14.7 Å². The van der Waals surface area contributed by atoms with Gasteiger partial charge in [-0.1, -0.05) is 60.1 Å². The summed E-state index contributed by atoms with van der Waals surface area (Å²) in [4.78, 5) is 16.4. The van der Waals surface area contributed by atoms with E-state index in [1.165, 1.54) is 4.57 Å². The maximum absolute atomic E-state index is 12.3. The van der Waals surface area contributed by atoms with Gasteiger partial charge in [0.25, 0.3) is 5.56 Å². The summed E-state index contributed by atoms with van der Waals surface area (Å²) in [6, 6.07) is 17.7. The third-order valence-electron chi connectivity index (χ3n) is 3.31. The molecule has 5 heteroatoms. The lowest BCUT2D eigenvalue weighted by atomic mass is 10.2. The monoisotopic (exact) mass is 312 g/mol. The molecule has 0 radical (unpaired) electrons. The number of aromatic hydroxyl groups is 1. The van der Waals surface area contributed by atoms with Gasteiger partial charge in [0.15, 0.2) is 0 Å². The van der Waals surface area contributed by atoms with E-state index in [1.54, 1.807) is 6.07 Å². The van der Waals surface area contributed by atoms with Crippen molar-refractivity contribution in [3.05, 3.63) is 81.6 Å². The van der Waals surface area contributed by atoms with E-state index in [0.29, 0.717) is 10.8 Å². The average Bonchev–Trinajstić information content (AvgIpc) is 2.52. The fraction of sp³-hybridized carbons (Fsp3) is 0.0588. The van der Waals surface area contributed by atoms with Crippen molar-refractivity contribution in [3.8, 4) is 17.3 Å². The minimum Gasteiger partial charge on any atom is -0.493 e. The summed E-state index contributed by atoms with van der Waals surface area (Å²) in [6.45, 7) is 0.288. The Kier molecular flexibility index (Phi) is 3.94. The van der Waals surface area contributed by atoms with Crippen molar-refractivity contribution in [2.45, 2.75) is 6.54 Å². The SMILES string of the molecule is O=c1cc(O)nc(-c2ccccc2)n1Cc1ccccc1Cl. The summed E-state index contributed by atoms with van der Waals surface area (Å²) in [5.74, 6) is 0.116. The minimum absolute atomic E-state index is 0.288. The van der Waals surface area contributed by atoms with Crippen LogP contribution in [0.1, 0.15) is 5.56 Å². The van der Waals surface area contributed by atoms with Crippen LogP contribution in [0, 0.1) is 0 Å². The van der Waals surface area contributed by atoms with Crippen LogP contribution in [0.4, 0.5) is 0 Å². The molecule has 0 saturated heterocycles. The van der Waals surface area contributed by atoms with E-state index in [1.807, 2.05) is 48.5 Å². The maximum Gasteiger partial charge on any atom is 0.257 e. The molecular weight excluding hydrogens is 300 g/mol. The Hall–Kier alpha value is -2.59. The first-order valence-corrected chi connectivity index (χ1v) is 7.12. The zero-order valence-electron chi connectivity index (χ0n) is 11.6. The molecule has 2 aromatic carbocycles. The lowest BCUT2D eigenvalue weighted by molar-refractivity contribution is 0.448. The van der Waals surface area contributed by atoms with Gasteiger partial charge in [0.2, 0.25) is 5.88 Å². The van der Waals surface area contributed by atoms with Gasteiger partial charge in [-0.15, -0.1) is 0 Å². The van der Waals surface area contributed by atoms with Gasteiger partial charge in [0, 0.05) is 10.6 Å². The van der Waals surface area contributed by atoms with Gasteiger partial charge < -0.3 is 5.11 Å². The van der Waals surface area contributed by atoms with Crippen LogP contribution in [-0.2, 0) is 6.54 Å². The second-order valence-corrected chi connectivity index (χ2v) is 5.23. The van der Waals surface area contributed by atoms with Gasteiger partial charge in [-0.2, -0.15) is 4.98 Å². The molecule has 1 aromatic heterocycles. The Balaban J connectivity index is 2.15. The van der Waals surface area contributed by atoms with E-state index in [4.69, 9.17) is 11.6 Å². The number of halogens is 1. The third-order valence-corrected chi connectivity index (χ3v) is 3.68. The molecule has 0 spiro atoms. The van der Waals surface area contributed by atoms with Crippen LogP contribution in [0.25, 0.3) is 11.4 Å². The molecule has 110 valence electrons. The molecule has 1 heterocycles. The highest BCUT2D eigenvalue weighted by atomic mass is 35.5. The zero-order valence-corrected chi connectivity index (χ0v) is 12.4. The molecule has 0 aliphatic heterocycles. The van der Waals surface area contributed by atoms with E-state index in [2.05, 4.69) is 4.98 Å². The minimum atomic E-state index is -0.328. The normalized spacial score (nSPS) is 10.6. The number of aromatic nitrogens is 2. The van der Waals surface area contributed by atoms with Crippen molar-refractivity contribution in [2.24, 2.45) is 0 Å². The van der Waals surface area contributed by atoms with Gasteiger partial charge >= 0.3 is 0 Å². The van der Waals surface area contributed by atoms with Crippen LogP contribution in [0.5, 0.6) is 5.88 Å². The fourth-order valence-corrected chi connectivity index (χ4v) is 2.45. The standard InChI is InChI=1S/C17H13ClN2O2/c18-14-9-5-4-8-13(14)11-20-16(22)10-15(21)19-17(20)12-6-2-1-3-7-12/h1-10,21H,11H2. The number of rotatable bonds is 3. The molecule has 4 nitrogen and oxygen atoms in total. The van der Waals surface area contributed by atoms with Crippen LogP contribution < -0.4 is 5.56 Å². The summed E-state index contributed by atoms with van der Waals surface area (Å²) in [5.41, 5.74) is 1.24. The van der Waals surface area contributed by atoms with Crippen molar-refractivity contribution < 1.29 is 5.11 Å². The quantitative estimate of drug-likeness (QED) is 0.807. The average molecular weight is 313 g/mol. The Labute approximate surface area is 132 Å². The topological polar surface area (TPSA) is 55.1 Å². The van der Waals surface area contributed by atoms with E-state index >= 15 is 0 Å². The van der Waals surface area contributed by atoms with Crippen LogP contribution in [0.15, 0.2) is 65.5 Å². The van der Waals surface area contributed by atoms with E-state index in [0.717, 1.165) is 17.2 Å². The van der Waals surface area contributed by atoms with Crippen molar-refractivity contribution >= 4 is 11.6 Å². The Bertz CT molecular complexity index is 860. The molecule has 0 aliphatic carbocycles. The first-order chi connectivity index (χ1) is 10.6. The largest absolute Gasteiger partial charge is 0.493 e. The van der Waals surface area contributed by atoms with E-state index < -0.39 is 0 Å². The third kappa shape index (κ3) is 2.87. The molecular formula is C17H13ClN2O2. The maximum atomic E-state index is 12.3. The highest BCUT2D eigenvalue weighted by molar-refractivity contribution is 6.31. The fourth-order valence-electron chi connectivity index (χ4n) is 2.25. The molecule has 3 aromatic rings. The first-order valence-electron chi connectivity index (χ1n) is 6.75. The summed E-state index contributed by atoms with van der Waals surface area (Å²) in [7, 11) is 0. The molecule has 0 saturated carbocycles. The molecule has 0 unspecified atom stereocenters. The number of benzene rings is 2. The first kappa shape index (κ1) is 14.4. The van der Waals surface area contributed by atoms with E-state index in [9.17, 15) is 9.90 Å². The van der Waals surface area contributed by atoms with Crippen LogP contribution in [0.3, 0.4) is 0 Å². The molecule has 0 amide bonds. The molecule has 3 rings (SSSR count). The lowest BCUT2D eigenvalue weighted by Crippen LogP contribution is -2.22. The summed E-state index contributed by atoms with van der Waals surface area (Å²) >= 11 is 6.17. The smallest absolute Gasteiger partial charge is 0.257 e. The predicted octanol–water partition coefficient (Wildman–Crippen LogP) is 3.32. The summed E-state index contributed by atoms with van der Waals surface area (Å²) in [6.07, 6.45) is 0. The second-order valence-electron chi connectivity index (χ2n) is 4.82. The van der Waals surface area contributed by atoms with Gasteiger partial charge in [0.05, 0.1) is 12.6 Å². The van der Waals surface area contributed by atoms with Crippen molar-refractivity contribution in [1.29, 1.82) is 0 Å². The zero-order chi connectivity index (χ0) is 15.5. The van der Waals surface area contributed by atoms with Gasteiger partial charge in [-0.25, -0.2) is 0 Å². The van der Waals surface area contributed by atoms with Crippen LogP contribution >= 0.6 is 11.6 Å². The number of hydrogen-bond donors (Lipinski definition) is 1. The number of nitrogens with zero attached hydrogens (tertiary/aromatic N) is 2. The molecule has 0 aliphatic rings. The molecule has 0 atom stereocenters. The highest BCUT2D eigenvalue weighted by Crippen LogP contribution is 2.21. The Morgan fingerprint density at radius 3 is 2.45 bits per heavy atom. The van der Waals surface area contributed by atoms with Gasteiger partial charge in [0.1, 0.15) is 5.82 Å². The van der Waals surface area contributed by atoms with Crippen molar-refractivity contribution in [2.75, 3.05) is 0 Å². The molecule has 0 bridgehead atoms. The lowest BCUT2D eigenvalue weighted by Gasteiger charge is -2.13. The Morgan fingerprint density at radius 2 is 1.73 bits per heavy atom. The van der Waals surface area contributed by atoms with Crippen LogP contribution in [0.2, 0.25) is 5.02 Å². The van der Waals surface area contributed by atoms with Crippen molar-refractivity contribution in [1.82, 2.24) is 9.55 Å². The van der Waals surface area contributed by atoms with Gasteiger partial charge in [-0.3, -0.25) is 9.36 Å². The summed E-state index contributed by atoms with van der Waals surface area (Å²) in [5, 5.41) is 10.2. The van der Waals surface area contributed by atoms with Gasteiger partial charge in [-0.05, 0) is 11.6 Å². The Morgan fingerprint density at radius 1 is 1.05 bits per heavy atom. The summed E-state index contributed by atoms with van der Waals surface area (Å²) < 4.78 is 1.50. The second kappa shape index (κ2) is 6.03. The highest BCUT2D eigenvalue weighted by Gasteiger charge is 2.12. The molecule has 1 N–H and O–H groups in total. The van der Waals surface area contributed by atoms with E-state index in [-0.39, 0.29) is 18.0 Å². The van der Waals surface area contributed by atoms with Crippen molar-refractivity contribution in [3.63, 3.8) is 0 Å².